The maximum atomic E-state index is 13.1. The van der Waals surface area contributed by atoms with Gasteiger partial charge in [0.15, 0.2) is 5.78 Å². The van der Waals surface area contributed by atoms with Crippen LogP contribution in [0.4, 0.5) is 0 Å². The monoisotopic (exact) mass is 337 g/mol. The predicted octanol–water partition coefficient (Wildman–Crippen LogP) is 2.02. The van der Waals surface area contributed by atoms with Crippen LogP contribution in [0.25, 0.3) is 0 Å². The summed E-state index contributed by atoms with van der Waals surface area (Å²) in [5.74, 6) is -0.133. The minimum atomic E-state index is -3.80. The van der Waals surface area contributed by atoms with Gasteiger partial charge in [-0.05, 0) is 44.7 Å². The van der Waals surface area contributed by atoms with Crippen LogP contribution in [0.15, 0.2) is 29.2 Å². The lowest BCUT2D eigenvalue weighted by molar-refractivity contribution is -0.142. The molecule has 0 aromatic heterocycles. The van der Waals surface area contributed by atoms with Gasteiger partial charge in [-0.15, -0.1) is 0 Å². The zero-order chi connectivity index (χ0) is 16.7. The Morgan fingerprint density at radius 3 is 2.52 bits per heavy atom. The van der Waals surface area contributed by atoms with E-state index >= 15 is 0 Å². The number of Topliss-reactive ketones (excluding diaryl/α,β-unsaturated/α-hetero) is 1. The van der Waals surface area contributed by atoms with Crippen LogP contribution in [0.5, 0.6) is 0 Å². The Morgan fingerprint density at radius 2 is 1.87 bits per heavy atom. The molecular formula is C17H23NO4S. The van der Waals surface area contributed by atoms with E-state index in [-0.39, 0.29) is 10.7 Å². The summed E-state index contributed by atoms with van der Waals surface area (Å²) in [4.78, 5) is 12.8. The van der Waals surface area contributed by atoms with Gasteiger partial charge in [0.05, 0.1) is 11.0 Å². The molecule has 1 spiro atoms. The van der Waals surface area contributed by atoms with Gasteiger partial charge in [0.2, 0.25) is 10.0 Å². The average molecular weight is 337 g/mol. The largest absolute Gasteiger partial charge is 0.391 e. The lowest BCUT2D eigenvalue weighted by Crippen LogP contribution is -2.66. The fraction of sp³-hybridized carbons (Fsp3) is 0.588. The first-order valence-corrected chi connectivity index (χ1v) is 9.64. The maximum Gasteiger partial charge on any atom is 0.244 e. The summed E-state index contributed by atoms with van der Waals surface area (Å²) in [6, 6.07) is 6.66. The van der Waals surface area contributed by atoms with E-state index in [9.17, 15) is 18.3 Å². The molecule has 23 heavy (non-hydrogen) atoms. The van der Waals surface area contributed by atoms with E-state index in [2.05, 4.69) is 0 Å². The summed E-state index contributed by atoms with van der Waals surface area (Å²) in [7, 11) is -3.80. The molecule has 2 aliphatic rings. The first kappa shape index (κ1) is 16.6. The highest BCUT2D eigenvalue weighted by molar-refractivity contribution is 7.89. The second-order valence-electron chi connectivity index (χ2n) is 6.60. The molecule has 1 aliphatic carbocycles. The third-order valence-corrected chi connectivity index (χ3v) is 7.10. The molecule has 3 rings (SSSR count). The first-order chi connectivity index (χ1) is 10.9. The van der Waals surface area contributed by atoms with Gasteiger partial charge < -0.3 is 5.11 Å². The van der Waals surface area contributed by atoms with Crippen molar-refractivity contribution in [1.29, 1.82) is 0 Å². The van der Waals surface area contributed by atoms with Crippen molar-refractivity contribution in [3.63, 3.8) is 0 Å². The molecule has 1 saturated carbocycles. The third kappa shape index (κ3) is 2.62. The van der Waals surface area contributed by atoms with Gasteiger partial charge in [0.1, 0.15) is 5.54 Å². The van der Waals surface area contributed by atoms with Gasteiger partial charge in [-0.3, -0.25) is 4.79 Å². The summed E-state index contributed by atoms with van der Waals surface area (Å²) >= 11 is 0. The summed E-state index contributed by atoms with van der Waals surface area (Å²) < 4.78 is 27.5. The third-order valence-electron chi connectivity index (χ3n) is 5.14. The molecule has 126 valence electrons. The lowest BCUT2D eigenvalue weighted by Gasteiger charge is -2.49. The highest BCUT2D eigenvalue weighted by Crippen LogP contribution is 2.41. The minimum Gasteiger partial charge on any atom is -0.391 e. The van der Waals surface area contributed by atoms with E-state index < -0.39 is 21.7 Å². The van der Waals surface area contributed by atoms with Gasteiger partial charge in [-0.2, -0.15) is 4.31 Å². The van der Waals surface area contributed by atoms with Gasteiger partial charge in [0, 0.05) is 13.0 Å². The topological polar surface area (TPSA) is 74.7 Å². The molecule has 1 N–H and O–H groups in total. The smallest absolute Gasteiger partial charge is 0.244 e. The number of aliphatic hydroxyl groups is 1. The zero-order valence-electron chi connectivity index (χ0n) is 13.4. The number of nitrogens with zero attached hydrogens (tertiary/aromatic N) is 1. The molecule has 0 unspecified atom stereocenters. The van der Waals surface area contributed by atoms with Gasteiger partial charge >= 0.3 is 0 Å². The fourth-order valence-corrected chi connectivity index (χ4v) is 5.70. The number of piperidine rings is 1. The van der Waals surface area contributed by atoms with Gasteiger partial charge in [-0.1, -0.05) is 24.1 Å². The van der Waals surface area contributed by atoms with Crippen LogP contribution >= 0.6 is 0 Å². The maximum absolute atomic E-state index is 13.1. The molecule has 5 nitrogen and oxygen atoms in total. The van der Waals surface area contributed by atoms with Crippen molar-refractivity contribution < 1.29 is 18.3 Å². The highest BCUT2D eigenvalue weighted by Gasteiger charge is 2.56. The Labute approximate surface area is 137 Å². The van der Waals surface area contributed by atoms with Crippen molar-refractivity contribution in [1.82, 2.24) is 4.31 Å². The molecule has 1 aromatic carbocycles. The van der Waals surface area contributed by atoms with Crippen LogP contribution in [-0.2, 0) is 14.8 Å². The molecule has 1 aliphatic heterocycles. The van der Waals surface area contributed by atoms with Crippen LogP contribution < -0.4 is 0 Å². The quantitative estimate of drug-likeness (QED) is 0.896. The lowest BCUT2D eigenvalue weighted by atomic mass is 9.73. The second kappa shape index (κ2) is 6.00. The number of carbonyl (C=O) groups excluding carboxylic acids is 1. The first-order valence-electron chi connectivity index (χ1n) is 8.20. The number of carbonyl (C=O) groups is 1. The van der Waals surface area contributed by atoms with Crippen molar-refractivity contribution in [2.75, 3.05) is 6.54 Å². The molecule has 0 radical (unpaired) electrons. The van der Waals surface area contributed by atoms with Crippen LogP contribution in [-0.4, -0.2) is 41.8 Å². The van der Waals surface area contributed by atoms with Crippen molar-refractivity contribution in [2.24, 2.45) is 0 Å². The normalized spacial score (nSPS) is 29.8. The standard InChI is InChI=1S/C17H23NO4S/c1-13-7-9-14(10-8-13)23(21,22)18-12-4-6-16(20)17(18)11-3-2-5-15(17)19/h7-10,16,20H,2-6,11-12H2,1H3/t16-,17-/m0/s1. The van der Waals surface area contributed by atoms with E-state index in [1.807, 2.05) is 6.92 Å². The molecule has 1 heterocycles. The number of hydrogen-bond acceptors (Lipinski definition) is 4. The molecular weight excluding hydrogens is 314 g/mol. The fourth-order valence-electron chi connectivity index (χ4n) is 3.86. The summed E-state index contributed by atoms with van der Waals surface area (Å²) in [6.45, 7) is 2.19. The zero-order valence-corrected chi connectivity index (χ0v) is 14.2. The van der Waals surface area contributed by atoms with Crippen molar-refractivity contribution in [3.05, 3.63) is 29.8 Å². The number of rotatable bonds is 2. The van der Waals surface area contributed by atoms with E-state index in [0.717, 1.165) is 18.4 Å². The van der Waals surface area contributed by atoms with Gasteiger partial charge in [-0.25, -0.2) is 8.42 Å². The van der Waals surface area contributed by atoms with E-state index in [4.69, 9.17) is 0 Å². The summed E-state index contributed by atoms with van der Waals surface area (Å²) in [5.41, 5.74) is -0.286. The molecule has 6 heteroatoms. The molecule has 2 atom stereocenters. The molecule has 1 aromatic rings. The van der Waals surface area contributed by atoms with Gasteiger partial charge in [0.25, 0.3) is 0 Å². The highest BCUT2D eigenvalue weighted by atomic mass is 32.2. The molecule has 0 bridgehead atoms. The van der Waals surface area contributed by atoms with Crippen molar-refractivity contribution in [3.8, 4) is 0 Å². The number of benzene rings is 1. The Kier molecular flexibility index (Phi) is 4.33. The molecule has 1 saturated heterocycles. The number of aliphatic hydroxyl groups excluding tert-OH is 1. The van der Waals surface area contributed by atoms with Crippen LogP contribution in [0, 0.1) is 6.92 Å². The number of ketones is 1. The summed E-state index contributed by atoms with van der Waals surface area (Å²) in [5, 5.41) is 10.6. The van der Waals surface area contributed by atoms with Crippen molar-refractivity contribution >= 4 is 15.8 Å². The van der Waals surface area contributed by atoms with Crippen LogP contribution in [0.2, 0.25) is 0 Å². The predicted molar refractivity (Wildman–Crippen MR) is 86.5 cm³/mol. The van der Waals surface area contributed by atoms with Crippen LogP contribution in [0.1, 0.15) is 44.1 Å². The average Bonchev–Trinajstić information content (AvgIpc) is 2.52. The Morgan fingerprint density at radius 1 is 1.17 bits per heavy atom. The molecule has 2 fully saturated rings. The van der Waals surface area contributed by atoms with E-state index in [1.54, 1.807) is 24.3 Å². The number of sulfonamides is 1. The van der Waals surface area contributed by atoms with E-state index in [0.29, 0.717) is 32.2 Å². The van der Waals surface area contributed by atoms with E-state index in [1.165, 1.54) is 4.31 Å². The number of aryl methyl sites for hydroxylation is 1. The molecule has 0 amide bonds. The minimum absolute atomic E-state index is 0.133. The Hall–Kier alpha value is -1.24. The Balaban J connectivity index is 2.07. The van der Waals surface area contributed by atoms with Crippen LogP contribution in [0.3, 0.4) is 0 Å². The Bertz CT molecular complexity index is 698. The summed E-state index contributed by atoms with van der Waals surface area (Å²) in [6.07, 6.45) is 2.43. The second-order valence-corrected chi connectivity index (χ2v) is 8.47. The van der Waals surface area contributed by atoms with Crippen molar-refractivity contribution in [2.45, 2.75) is 62.0 Å². The SMILES string of the molecule is Cc1ccc(S(=O)(=O)N2CCC[C@H](O)[C@@]23CCCCC3=O)cc1. The number of hydrogen-bond donors (Lipinski definition) is 1.